The Hall–Kier alpha value is -1.17. The number of nitrogens with one attached hydrogen (secondary N) is 2. The molecule has 2 aliphatic rings. The van der Waals surface area contributed by atoms with Gasteiger partial charge in [-0.2, -0.15) is 0 Å². The van der Waals surface area contributed by atoms with Crippen molar-refractivity contribution < 1.29 is 9.18 Å². The number of likely N-dealkylation sites (tertiary alicyclic amines) is 1. The summed E-state index contributed by atoms with van der Waals surface area (Å²) in [4.78, 5) is 14.5. The number of hydrogen-bond donors (Lipinski definition) is 2. The van der Waals surface area contributed by atoms with Gasteiger partial charge < -0.3 is 10.6 Å². The zero-order valence-corrected chi connectivity index (χ0v) is 14.6. The second-order valence-corrected chi connectivity index (χ2v) is 7.29. The number of carbonyl (C=O) groups is 1. The van der Waals surface area contributed by atoms with Gasteiger partial charge in [0.2, 0.25) is 5.91 Å². The molecule has 2 aliphatic heterocycles. The number of piperidine rings is 1. The minimum Gasteiger partial charge on any atom is -0.354 e. The van der Waals surface area contributed by atoms with E-state index in [9.17, 15) is 9.18 Å². The molecule has 2 fully saturated rings. The van der Waals surface area contributed by atoms with E-state index in [1.807, 2.05) is 0 Å². The summed E-state index contributed by atoms with van der Waals surface area (Å²) >= 11 is 5.86. The molecule has 132 valence electrons. The second-order valence-electron chi connectivity index (χ2n) is 6.89. The van der Waals surface area contributed by atoms with Crippen molar-refractivity contribution in [2.75, 3.05) is 26.2 Å². The van der Waals surface area contributed by atoms with Crippen molar-refractivity contribution in [3.63, 3.8) is 0 Å². The summed E-state index contributed by atoms with van der Waals surface area (Å²) in [5.74, 6) is 0.232. The Kier molecular flexibility index (Phi) is 6.09. The van der Waals surface area contributed by atoms with Crippen molar-refractivity contribution >= 4 is 17.5 Å². The Balaban J connectivity index is 1.47. The number of rotatable bonds is 5. The van der Waals surface area contributed by atoms with Gasteiger partial charge in [0.1, 0.15) is 5.82 Å². The molecule has 2 N–H and O–H groups in total. The lowest BCUT2D eigenvalue weighted by Crippen LogP contribution is -2.45. The third-order valence-electron chi connectivity index (χ3n) is 4.94. The first-order valence-electron chi connectivity index (χ1n) is 8.79. The second kappa shape index (κ2) is 8.28. The van der Waals surface area contributed by atoms with Gasteiger partial charge in [-0.15, -0.1) is 0 Å². The van der Waals surface area contributed by atoms with E-state index in [4.69, 9.17) is 11.6 Å². The van der Waals surface area contributed by atoms with Crippen molar-refractivity contribution in [1.82, 2.24) is 15.5 Å². The van der Waals surface area contributed by atoms with Gasteiger partial charge in [0, 0.05) is 19.6 Å². The highest BCUT2D eigenvalue weighted by Gasteiger charge is 2.24. The number of carbonyl (C=O) groups excluding carboxylic acids is 1. The highest BCUT2D eigenvalue weighted by atomic mass is 35.5. The van der Waals surface area contributed by atoms with E-state index in [2.05, 4.69) is 15.5 Å². The van der Waals surface area contributed by atoms with Crippen molar-refractivity contribution in [2.45, 2.75) is 38.3 Å². The predicted molar refractivity (Wildman–Crippen MR) is 93.4 cm³/mol. The molecule has 0 bridgehead atoms. The Labute approximate surface area is 147 Å². The molecule has 0 saturated carbocycles. The average Bonchev–Trinajstić information content (AvgIpc) is 3.11. The van der Waals surface area contributed by atoms with E-state index < -0.39 is 0 Å². The first-order chi connectivity index (χ1) is 11.6. The molecule has 3 rings (SSSR count). The Morgan fingerprint density at radius 3 is 3.00 bits per heavy atom. The fraction of sp³-hybridized carbons (Fsp3) is 0.611. The van der Waals surface area contributed by atoms with Crippen LogP contribution in [-0.4, -0.2) is 43.0 Å². The molecule has 0 spiro atoms. The predicted octanol–water partition coefficient (Wildman–Crippen LogP) is 2.56. The highest BCUT2D eigenvalue weighted by molar-refractivity contribution is 6.30. The molecule has 0 aliphatic carbocycles. The SMILES string of the molecule is O=C(NCC1CCCN(Cc2ccc(F)c(Cl)c2)C1)C1CCCN1. The number of amides is 1. The minimum atomic E-state index is -0.375. The van der Waals surface area contributed by atoms with E-state index in [-0.39, 0.29) is 22.8 Å². The molecule has 0 radical (unpaired) electrons. The maximum atomic E-state index is 13.3. The van der Waals surface area contributed by atoms with Crippen LogP contribution in [0.2, 0.25) is 5.02 Å². The summed E-state index contributed by atoms with van der Waals surface area (Å²) in [5.41, 5.74) is 1.03. The smallest absolute Gasteiger partial charge is 0.237 e. The summed E-state index contributed by atoms with van der Waals surface area (Å²) in [7, 11) is 0. The fourth-order valence-electron chi connectivity index (χ4n) is 3.63. The standard InChI is InChI=1S/C18H25ClFN3O/c19-15-9-13(5-6-16(15)20)11-23-8-2-3-14(12-23)10-22-18(24)17-4-1-7-21-17/h5-6,9,14,17,21H,1-4,7-8,10-12H2,(H,22,24). The largest absolute Gasteiger partial charge is 0.354 e. The first kappa shape index (κ1) is 17.6. The lowest BCUT2D eigenvalue weighted by molar-refractivity contribution is -0.123. The van der Waals surface area contributed by atoms with Gasteiger partial charge in [0.25, 0.3) is 0 Å². The molecular formula is C18H25ClFN3O. The number of benzene rings is 1. The van der Waals surface area contributed by atoms with Crippen LogP contribution in [0.5, 0.6) is 0 Å². The molecule has 6 heteroatoms. The van der Waals surface area contributed by atoms with Gasteiger partial charge in [-0.25, -0.2) is 4.39 Å². The van der Waals surface area contributed by atoms with Crippen LogP contribution in [0.3, 0.4) is 0 Å². The lowest BCUT2D eigenvalue weighted by Gasteiger charge is -2.33. The number of nitrogens with zero attached hydrogens (tertiary/aromatic N) is 1. The van der Waals surface area contributed by atoms with Crippen LogP contribution in [0.25, 0.3) is 0 Å². The van der Waals surface area contributed by atoms with Crippen LogP contribution >= 0.6 is 11.6 Å². The zero-order chi connectivity index (χ0) is 16.9. The van der Waals surface area contributed by atoms with Gasteiger partial charge >= 0.3 is 0 Å². The lowest BCUT2D eigenvalue weighted by atomic mass is 9.97. The molecule has 4 nitrogen and oxygen atoms in total. The Morgan fingerprint density at radius 2 is 2.25 bits per heavy atom. The zero-order valence-electron chi connectivity index (χ0n) is 13.9. The maximum absolute atomic E-state index is 13.3. The van der Waals surface area contributed by atoms with E-state index >= 15 is 0 Å². The third-order valence-corrected chi connectivity index (χ3v) is 5.22. The number of halogens is 2. The van der Waals surface area contributed by atoms with Crippen LogP contribution in [0.4, 0.5) is 4.39 Å². The molecule has 2 saturated heterocycles. The summed E-state index contributed by atoms with van der Waals surface area (Å²) < 4.78 is 13.3. The Bertz CT molecular complexity index is 577. The monoisotopic (exact) mass is 353 g/mol. The quantitative estimate of drug-likeness (QED) is 0.855. The van der Waals surface area contributed by atoms with Crippen molar-refractivity contribution in [2.24, 2.45) is 5.92 Å². The fourth-order valence-corrected chi connectivity index (χ4v) is 3.84. The van der Waals surface area contributed by atoms with Gasteiger partial charge in [0.15, 0.2) is 0 Å². The molecule has 2 heterocycles. The molecule has 2 atom stereocenters. The minimum absolute atomic E-state index is 0.00829. The van der Waals surface area contributed by atoms with E-state index in [0.717, 1.165) is 64.0 Å². The van der Waals surface area contributed by atoms with Crippen LogP contribution in [-0.2, 0) is 11.3 Å². The highest BCUT2D eigenvalue weighted by Crippen LogP contribution is 2.21. The average molecular weight is 354 g/mol. The third kappa shape index (κ3) is 4.68. The van der Waals surface area contributed by atoms with Crippen LogP contribution in [0.1, 0.15) is 31.2 Å². The maximum Gasteiger partial charge on any atom is 0.237 e. The summed E-state index contributed by atoms with van der Waals surface area (Å²) in [6.45, 7) is 4.43. The van der Waals surface area contributed by atoms with E-state index in [1.165, 1.54) is 6.07 Å². The van der Waals surface area contributed by atoms with E-state index in [0.29, 0.717) is 5.92 Å². The summed E-state index contributed by atoms with van der Waals surface area (Å²) in [6.07, 6.45) is 4.28. The van der Waals surface area contributed by atoms with Gasteiger partial charge in [-0.3, -0.25) is 9.69 Å². The van der Waals surface area contributed by atoms with Gasteiger partial charge in [-0.1, -0.05) is 17.7 Å². The van der Waals surface area contributed by atoms with Crippen molar-refractivity contribution in [3.05, 3.63) is 34.6 Å². The van der Waals surface area contributed by atoms with E-state index in [1.54, 1.807) is 12.1 Å². The first-order valence-corrected chi connectivity index (χ1v) is 9.17. The van der Waals surface area contributed by atoms with Crippen molar-refractivity contribution in [3.8, 4) is 0 Å². The molecule has 1 aromatic rings. The van der Waals surface area contributed by atoms with Gasteiger partial charge in [0.05, 0.1) is 11.1 Å². The van der Waals surface area contributed by atoms with Gasteiger partial charge in [-0.05, 0) is 62.4 Å². The normalized spacial score (nSPS) is 24.9. The van der Waals surface area contributed by atoms with Crippen molar-refractivity contribution in [1.29, 1.82) is 0 Å². The molecule has 2 unspecified atom stereocenters. The number of hydrogen-bond acceptors (Lipinski definition) is 3. The topological polar surface area (TPSA) is 44.4 Å². The molecular weight excluding hydrogens is 329 g/mol. The van der Waals surface area contributed by atoms with Crippen LogP contribution in [0.15, 0.2) is 18.2 Å². The summed E-state index contributed by atoms with van der Waals surface area (Å²) in [5, 5.41) is 6.50. The summed E-state index contributed by atoms with van der Waals surface area (Å²) in [6, 6.07) is 4.91. The molecule has 1 aromatic carbocycles. The Morgan fingerprint density at radius 1 is 1.38 bits per heavy atom. The molecule has 24 heavy (non-hydrogen) atoms. The van der Waals surface area contributed by atoms with Crippen LogP contribution in [0, 0.1) is 11.7 Å². The molecule has 0 aromatic heterocycles. The molecule has 1 amide bonds. The van der Waals surface area contributed by atoms with Crippen LogP contribution < -0.4 is 10.6 Å².